The molecule has 8 nitrogen and oxygen atoms in total. The molecule has 0 aromatic heterocycles. The van der Waals surface area contributed by atoms with Crippen molar-refractivity contribution >= 4 is 21.4 Å². The van der Waals surface area contributed by atoms with Crippen LogP contribution in [0, 0.1) is 10.1 Å². The molecule has 0 bridgehead atoms. The standard InChI is InChI=1S/C12H19N3O5S/c1-12(2,16)8-14(4)10-6-5-9(21(19,20)13-3)7-11(10)15(17)18/h5-7,13,16H,8H2,1-4H3. The van der Waals surface area contributed by atoms with E-state index in [1.165, 1.54) is 24.1 Å². The number of benzene rings is 1. The van der Waals surface area contributed by atoms with Crippen molar-refractivity contribution in [2.75, 3.05) is 25.5 Å². The molecule has 0 spiro atoms. The summed E-state index contributed by atoms with van der Waals surface area (Å²) in [6, 6.07) is 3.64. The molecule has 0 saturated heterocycles. The van der Waals surface area contributed by atoms with E-state index in [1.807, 2.05) is 0 Å². The van der Waals surface area contributed by atoms with Crippen LogP contribution in [0.15, 0.2) is 23.1 Å². The summed E-state index contributed by atoms with van der Waals surface area (Å²) in [5.41, 5.74) is -1.14. The molecule has 0 radical (unpaired) electrons. The number of nitrogens with one attached hydrogen (secondary N) is 1. The molecular formula is C12H19N3O5S. The first-order chi connectivity index (χ1) is 9.48. The number of nitrogens with zero attached hydrogens (tertiary/aromatic N) is 2. The summed E-state index contributed by atoms with van der Waals surface area (Å²) in [5.74, 6) is 0. The van der Waals surface area contributed by atoms with Crippen LogP contribution < -0.4 is 9.62 Å². The van der Waals surface area contributed by atoms with E-state index in [0.717, 1.165) is 6.07 Å². The van der Waals surface area contributed by atoms with E-state index in [4.69, 9.17) is 0 Å². The SMILES string of the molecule is CNS(=O)(=O)c1ccc(N(C)CC(C)(C)O)c([N+](=O)[O-])c1. The van der Waals surface area contributed by atoms with Crippen LogP contribution >= 0.6 is 0 Å². The molecule has 0 aliphatic rings. The van der Waals surface area contributed by atoms with Crippen molar-refractivity contribution in [3.8, 4) is 0 Å². The fourth-order valence-electron chi connectivity index (χ4n) is 1.92. The number of hydrogen-bond acceptors (Lipinski definition) is 6. The molecule has 9 heteroatoms. The minimum Gasteiger partial charge on any atom is -0.389 e. The van der Waals surface area contributed by atoms with E-state index in [2.05, 4.69) is 4.72 Å². The summed E-state index contributed by atoms with van der Waals surface area (Å²) >= 11 is 0. The van der Waals surface area contributed by atoms with E-state index >= 15 is 0 Å². The molecule has 1 aromatic carbocycles. The van der Waals surface area contributed by atoms with Gasteiger partial charge in [-0.1, -0.05) is 0 Å². The Hall–Kier alpha value is -1.71. The number of rotatable bonds is 6. The van der Waals surface area contributed by atoms with Gasteiger partial charge in [-0.2, -0.15) is 0 Å². The van der Waals surface area contributed by atoms with E-state index < -0.39 is 20.5 Å². The third-order valence-corrected chi connectivity index (χ3v) is 4.17. The summed E-state index contributed by atoms with van der Waals surface area (Å²) < 4.78 is 25.5. The first kappa shape index (κ1) is 17.3. The molecular weight excluding hydrogens is 298 g/mol. The van der Waals surface area contributed by atoms with Gasteiger partial charge in [0.05, 0.1) is 15.4 Å². The van der Waals surface area contributed by atoms with Crippen LogP contribution in [0.2, 0.25) is 0 Å². The second kappa shape index (κ2) is 5.96. The number of nitro benzene ring substituents is 1. The van der Waals surface area contributed by atoms with E-state index in [0.29, 0.717) is 0 Å². The Balaban J connectivity index is 3.33. The highest BCUT2D eigenvalue weighted by Crippen LogP contribution is 2.30. The topological polar surface area (TPSA) is 113 Å². The molecule has 21 heavy (non-hydrogen) atoms. The molecule has 0 saturated carbocycles. The average Bonchev–Trinajstić information content (AvgIpc) is 2.35. The van der Waals surface area contributed by atoms with Gasteiger partial charge in [-0.15, -0.1) is 0 Å². The Bertz CT molecular complexity index is 637. The van der Waals surface area contributed by atoms with Gasteiger partial charge in [0.2, 0.25) is 10.0 Å². The van der Waals surface area contributed by atoms with Crippen molar-refractivity contribution in [3.63, 3.8) is 0 Å². The molecule has 0 fully saturated rings. The molecule has 0 aliphatic carbocycles. The third-order valence-electron chi connectivity index (χ3n) is 2.76. The minimum absolute atomic E-state index is 0.159. The highest BCUT2D eigenvalue weighted by Gasteiger charge is 2.25. The van der Waals surface area contributed by atoms with Crippen molar-refractivity contribution in [1.82, 2.24) is 4.72 Å². The lowest BCUT2D eigenvalue weighted by atomic mass is 10.1. The smallest absolute Gasteiger partial charge is 0.293 e. The summed E-state index contributed by atoms with van der Waals surface area (Å²) in [4.78, 5) is 11.8. The van der Waals surface area contributed by atoms with Crippen molar-refractivity contribution in [2.24, 2.45) is 0 Å². The highest BCUT2D eigenvalue weighted by molar-refractivity contribution is 7.89. The van der Waals surface area contributed by atoms with Gasteiger partial charge in [0, 0.05) is 19.7 Å². The number of hydrogen-bond donors (Lipinski definition) is 2. The first-order valence-electron chi connectivity index (χ1n) is 6.13. The molecule has 1 aromatic rings. The Morgan fingerprint density at radius 1 is 1.43 bits per heavy atom. The van der Waals surface area contributed by atoms with Crippen LogP contribution in [0.5, 0.6) is 0 Å². The predicted molar refractivity (Wildman–Crippen MR) is 78.9 cm³/mol. The van der Waals surface area contributed by atoms with Crippen molar-refractivity contribution in [3.05, 3.63) is 28.3 Å². The van der Waals surface area contributed by atoms with Gasteiger partial charge in [0.1, 0.15) is 5.69 Å². The van der Waals surface area contributed by atoms with Crippen LogP contribution in [0.4, 0.5) is 11.4 Å². The van der Waals surface area contributed by atoms with Crippen LogP contribution in [0.25, 0.3) is 0 Å². The molecule has 118 valence electrons. The zero-order valence-corrected chi connectivity index (χ0v) is 13.1. The van der Waals surface area contributed by atoms with Crippen LogP contribution in [-0.2, 0) is 10.0 Å². The van der Waals surface area contributed by atoms with Gasteiger partial charge < -0.3 is 10.0 Å². The lowest BCUT2D eigenvalue weighted by molar-refractivity contribution is -0.384. The Labute approximate surface area is 123 Å². The molecule has 0 heterocycles. The molecule has 0 aliphatic heterocycles. The second-order valence-electron chi connectivity index (χ2n) is 5.28. The second-order valence-corrected chi connectivity index (χ2v) is 7.17. The van der Waals surface area contributed by atoms with Crippen LogP contribution in [0.3, 0.4) is 0 Å². The molecule has 0 amide bonds. The Kier molecular flexibility index (Phi) is 4.92. The highest BCUT2D eigenvalue weighted by atomic mass is 32.2. The van der Waals surface area contributed by atoms with Gasteiger partial charge >= 0.3 is 0 Å². The Morgan fingerprint density at radius 2 is 2.00 bits per heavy atom. The first-order valence-corrected chi connectivity index (χ1v) is 7.62. The maximum Gasteiger partial charge on any atom is 0.293 e. The lowest BCUT2D eigenvalue weighted by Gasteiger charge is -2.27. The van der Waals surface area contributed by atoms with Gasteiger partial charge in [0.25, 0.3) is 5.69 Å². The molecule has 1 rings (SSSR count). The van der Waals surface area contributed by atoms with Gasteiger partial charge in [0.15, 0.2) is 0 Å². The quantitative estimate of drug-likeness (QED) is 0.590. The van der Waals surface area contributed by atoms with Gasteiger partial charge in [-0.25, -0.2) is 13.1 Å². The van der Waals surface area contributed by atoms with Crippen LogP contribution in [-0.4, -0.2) is 44.7 Å². The van der Waals surface area contributed by atoms with Crippen molar-refractivity contribution < 1.29 is 18.4 Å². The maximum absolute atomic E-state index is 11.7. The number of anilines is 1. The number of nitro groups is 1. The zero-order chi connectivity index (χ0) is 16.4. The normalized spacial score (nSPS) is 12.2. The fraction of sp³-hybridized carbons (Fsp3) is 0.500. The summed E-state index contributed by atoms with van der Waals surface area (Å²) in [6.45, 7) is 3.32. The molecule has 2 N–H and O–H groups in total. The predicted octanol–water partition coefficient (Wildman–Crippen LogP) is 0.710. The summed E-state index contributed by atoms with van der Waals surface area (Å²) in [6.07, 6.45) is 0. The average molecular weight is 317 g/mol. The zero-order valence-electron chi connectivity index (χ0n) is 12.3. The number of likely N-dealkylation sites (N-methyl/N-ethyl adjacent to an activating group) is 1. The largest absolute Gasteiger partial charge is 0.389 e. The fourth-order valence-corrected chi connectivity index (χ4v) is 2.67. The van der Waals surface area contributed by atoms with E-state index in [-0.39, 0.29) is 22.8 Å². The lowest BCUT2D eigenvalue weighted by Crippen LogP contribution is -2.36. The van der Waals surface area contributed by atoms with Crippen LogP contribution in [0.1, 0.15) is 13.8 Å². The minimum atomic E-state index is -3.75. The van der Waals surface area contributed by atoms with E-state index in [1.54, 1.807) is 20.9 Å². The summed E-state index contributed by atoms with van der Waals surface area (Å²) in [5, 5.41) is 20.9. The third kappa shape index (κ3) is 4.38. The monoisotopic (exact) mass is 317 g/mol. The Morgan fingerprint density at radius 3 is 2.43 bits per heavy atom. The van der Waals surface area contributed by atoms with Gasteiger partial charge in [-0.3, -0.25) is 10.1 Å². The van der Waals surface area contributed by atoms with Gasteiger partial charge in [-0.05, 0) is 33.0 Å². The molecule has 0 atom stereocenters. The van der Waals surface area contributed by atoms with Crippen molar-refractivity contribution in [2.45, 2.75) is 24.3 Å². The van der Waals surface area contributed by atoms with Crippen molar-refractivity contribution in [1.29, 1.82) is 0 Å². The summed E-state index contributed by atoms with van der Waals surface area (Å²) in [7, 11) is -0.933. The molecule has 0 unspecified atom stereocenters. The maximum atomic E-state index is 11.7. The number of aliphatic hydroxyl groups is 1. The van der Waals surface area contributed by atoms with E-state index in [9.17, 15) is 23.6 Å². The number of sulfonamides is 1.